The summed E-state index contributed by atoms with van der Waals surface area (Å²) in [6, 6.07) is 14.7. The van der Waals surface area contributed by atoms with E-state index < -0.39 is 0 Å². The van der Waals surface area contributed by atoms with Crippen molar-refractivity contribution in [3.05, 3.63) is 42.5 Å². The molecular weight excluding hydrogens is 300 g/mol. The smallest absolute Gasteiger partial charge is 0.127 e. The lowest BCUT2D eigenvalue weighted by Crippen LogP contribution is -2.27. The SMILES string of the molecule is BrCC1(COc2cccc3ccccc23)CCCC1. The Kier molecular flexibility index (Phi) is 3.79. The van der Waals surface area contributed by atoms with Crippen LogP contribution in [0.15, 0.2) is 42.5 Å². The molecule has 0 bridgehead atoms. The summed E-state index contributed by atoms with van der Waals surface area (Å²) < 4.78 is 6.17. The van der Waals surface area contributed by atoms with Crippen molar-refractivity contribution in [2.24, 2.45) is 5.41 Å². The summed E-state index contributed by atoms with van der Waals surface area (Å²) in [5.41, 5.74) is 0.344. The van der Waals surface area contributed by atoms with Gasteiger partial charge < -0.3 is 4.74 Å². The van der Waals surface area contributed by atoms with E-state index in [1.54, 1.807) is 0 Å². The minimum atomic E-state index is 0.344. The highest BCUT2D eigenvalue weighted by atomic mass is 79.9. The van der Waals surface area contributed by atoms with Crippen LogP contribution in [0.25, 0.3) is 10.8 Å². The van der Waals surface area contributed by atoms with E-state index >= 15 is 0 Å². The van der Waals surface area contributed by atoms with Gasteiger partial charge in [0.05, 0.1) is 6.61 Å². The normalized spacial score (nSPS) is 17.7. The van der Waals surface area contributed by atoms with Crippen LogP contribution in [0.1, 0.15) is 25.7 Å². The van der Waals surface area contributed by atoms with Gasteiger partial charge in [-0.15, -0.1) is 0 Å². The van der Waals surface area contributed by atoms with E-state index in [-0.39, 0.29) is 0 Å². The van der Waals surface area contributed by atoms with E-state index in [9.17, 15) is 0 Å². The molecule has 0 aliphatic heterocycles. The van der Waals surface area contributed by atoms with Gasteiger partial charge in [0.2, 0.25) is 0 Å². The minimum absolute atomic E-state index is 0.344. The molecule has 0 spiro atoms. The number of ether oxygens (including phenoxy) is 1. The number of benzene rings is 2. The summed E-state index contributed by atoms with van der Waals surface area (Å²) in [5.74, 6) is 1.02. The summed E-state index contributed by atoms with van der Waals surface area (Å²) in [6.45, 7) is 0.826. The first kappa shape index (κ1) is 13.0. The molecule has 1 saturated carbocycles. The molecular formula is C17H19BrO. The second-order valence-corrected chi connectivity index (χ2v) is 6.17. The van der Waals surface area contributed by atoms with E-state index in [1.165, 1.54) is 36.5 Å². The van der Waals surface area contributed by atoms with Crippen LogP contribution >= 0.6 is 15.9 Å². The Bertz CT molecular complexity index is 553. The lowest BCUT2D eigenvalue weighted by atomic mass is 9.90. The highest BCUT2D eigenvalue weighted by Crippen LogP contribution is 2.40. The molecule has 2 aromatic carbocycles. The number of alkyl halides is 1. The molecule has 19 heavy (non-hydrogen) atoms. The molecule has 0 N–H and O–H groups in total. The third-order valence-corrected chi connectivity index (χ3v) is 5.42. The van der Waals surface area contributed by atoms with Crippen molar-refractivity contribution in [3.8, 4) is 5.75 Å². The summed E-state index contributed by atoms with van der Waals surface area (Å²) in [7, 11) is 0. The van der Waals surface area contributed by atoms with Crippen LogP contribution in [-0.2, 0) is 0 Å². The van der Waals surface area contributed by atoms with Crippen LogP contribution in [0.2, 0.25) is 0 Å². The molecule has 100 valence electrons. The van der Waals surface area contributed by atoms with Gasteiger partial charge in [-0.3, -0.25) is 0 Å². The van der Waals surface area contributed by atoms with Gasteiger partial charge in [0.15, 0.2) is 0 Å². The highest BCUT2D eigenvalue weighted by Gasteiger charge is 2.33. The highest BCUT2D eigenvalue weighted by molar-refractivity contribution is 9.09. The Balaban J connectivity index is 1.82. The lowest BCUT2D eigenvalue weighted by molar-refractivity contribution is 0.175. The van der Waals surface area contributed by atoms with Crippen molar-refractivity contribution in [1.82, 2.24) is 0 Å². The molecule has 0 heterocycles. The largest absolute Gasteiger partial charge is 0.492 e. The first-order valence-corrected chi connectivity index (χ1v) is 8.12. The standard InChI is InChI=1S/C17H19BrO/c18-12-17(10-3-4-11-17)13-19-16-9-5-7-14-6-1-2-8-15(14)16/h1-2,5-9H,3-4,10-13H2. The van der Waals surface area contributed by atoms with Crippen molar-refractivity contribution in [2.45, 2.75) is 25.7 Å². The Labute approximate surface area is 123 Å². The first-order valence-electron chi connectivity index (χ1n) is 7.00. The molecule has 2 heteroatoms. The number of hydrogen-bond donors (Lipinski definition) is 0. The minimum Gasteiger partial charge on any atom is -0.492 e. The van der Waals surface area contributed by atoms with E-state index in [0.717, 1.165) is 17.7 Å². The van der Waals surface area contributed by atoms with Crippen LogP contribution in [0, 0.1) is 5.41 Å². The molecule has 0 radical (unpaired) electrons. The van der Waals surface area contributed by atoms with Crippen molar-refractivity contribution < 1.29 is 4.74 Å². The third-order valence-electron chi connectivity index (χ3n) is 4.23. The van der Waals surface area contributed by atoms with E-state index in [2.05, 4.69) is 58.4 Å². The number of rotatable bonds is 4. The lowest BCUT2D eigenvalue weighted by Gasteiger charge is -2.26. The Hall–Kier alpha value is -1.02. The van der Waals surface area contributed by atoms with Crippen molar-refractivity contribution >= 4 is 26.7 Å². The van der Waals surface area contributed by atoms with Crippen LogP contribution < -0.4 is 4.74 Å². The van der Waals surface area contributed by atoms with Gasteiger partial charge in [0.25, 0.3) is 0 Å². The maximum atomic E-state index is 6.17. The van der Waals surface area contributed by atoms with Crippen molar-refractivity contribution in [3.63, 3.8) is 0 Å². The molecule has 0 atom stereocenters. The summed E-state index contributed by atoms with van der Waals surface area (Å²) in [6.07, 6.45) is 5.24. The summed E-state index contributed by atoms with van der Waals surface area (Å²) in [4.78, 5) is 0. The van der Waals surface area contributed by atoms with Gasteiger partial charge in [-0.05, 0) is 24.3 Å². The average Bonchev–Trinajstić information content (AvgIpc) is 2.94. The monoisotopic (exact) mass is 318 g/mol. The number of halogens is 1. The third kappa shape index (κ3) is 2.64. The van der Waals surface area contributed by atoms with Gasteiger partial charge in [0.1, 0.15) is 5.75 Å². The fourth-order valence-corrected chi connectivity index (χ4v) is 3.72. The topological polar surface area (TPSA) is 9.23 Å². The van der Waals surface area contributed by atoms with E-state index in [4.69, 9.17) is 4.74 Å². The van der Waals surface area contributed by atoms with E-state index in [1.807, 2.05) is 0 Å². The van der Waals surface area contributed by atoms with Gasteiger partial charge in [-0.25, -0.2) is 0 Å². The summed E-state index contributed by atoms with van der Waals surface area (Å²) >= 11 is 3.68. The fourth-order valence-electron chi connectivity index (χ4n) is 2.99. The molecule has 1 fully saturated rings. The maximum absolute atomic E-state index is 6.17. The van der Waals surface area contributed by atoms with Gasteiger partial charge in [0, 0.05) is 16.1 Å². The maximum Gasteiger partial charge on any atom is 0.127 e. The molecule has 1 aliphatic rings. The Morgan fingerprint density at radius 1 is 1.00 bits per heavy atom. The van der Waals surface area contributed by atoms with Gasteiger partial charge in [-0.2, -0.15) is 0 Å². The predicted octanol–water partition coefficient (Wildman–Crippen LogP) is 5.17. The van der Waals surface area contributed by atoms with Gasteiger partial charge >= 0.3 is 0 Å². The second-order valence-electron chi connectivity index (χ2n) is 5.61. The number of fused-ring (bicyclic) bond motifs is 1. The van der Waals surface area contributed by atoms with Gasteiger partial charge in [-0.1, -0.05) is 65.2 Å². The molecule has 0 saturated heterocycles. The fraction of sp³-hybridized carbons (Fsp3) is 0.412. The molecule has 1 aliphatic carbocycles. The average molecular weight is 319 g/mol. The van der Waals surface area contributed by atoms with Crippen molar-refractivity contribution in [2.75, 3.05) is 11.9 Å². The van der Waals surface area contributed by atoms with Crippen molar-refractivity contribution in [1.29, 1.82) is 0 Å². The van der Waals surface area contributed by atoms with Crippen LogP contribution in [0.3, 0.4) is 0 Å². The zero-order chi connectivity index (χ0) is 13.1. The number of hydrogen-bond acceptors (Lipinski definition) is 1. The van der Waals surface area contributed by atoms with Crippen LogP contribution in [0.4, 0.5) is 0 Å². The zero-order valence-electron chi connectivity index (χ0n) is 11.1. The molecule has 2 aromatic rings. The Morgan fingerprint density at radius 3 is 2.53 bits per heavy atom. The first-order chi connectivity index (χ1) is 9.33. The molecule has 0 unspecified atom stereocenters. The molecule has 3 rings (SSSR count). The van der Waals surface area contributed by atoms with Crippen LogP contribution in [-0.4, -0.2) is 11.9 Å². The van der Waals surface area contributed by atoms with E-state index in [0.29, 0.717) is 5.41 Å². The zero-order valence-corrected chi connectivity index (χ0v) is 12.7. The second kappa shape index (κ2) is 5.54. The summed E-state index contributed by atoms with van der Waals surface area (Å²) in [5, 5.41) is 3.51. The predicted molar refractivity (Wildman–Crippen MR) is 84.1 cm³/mol. The molecule has 0 aromatic heterocycles. The molecule has 0 amide bonds. The quantitative estimate of drug-likeness (QED) is 0.706. The Morgan fingerprint density at radius 2 is 1.74 bits per heavy atom. The molecule has 1 nitrogen and oxygen atoms in total. The van der Waals surface area contributed by atoms with Crippen LogP contribution in [0.5, 0.6) is 5.75 Å².